The minimum Gasteiger partial charge on any atom is -0.445 e. The van der Waals surface area contributed by atoms with E-state index in [2.05, 4.69) is 16.9 Å². The zero-order valence-electron chi connectivity index (χ0n) is 18.8. The fourth-order valence-corrected chi connectivity index (χ4v) is 4.05. The Morgan fingerprint density at radius 1 is 1.17 bits per heavy atom. The van der Waals surface area contributed by atoms with Crippen LogP contribution in [0.2, 0.25) is 10.3 Å². The van der Waals surface area contributed by atoms with Crippen molar-refractivity contribution >= 4 is 35.0 Å². The standard InChI is InChI=1S/C25H25Cl2N3O5/c1-2-11-33-25(32)29-19-9-7-18(8-10-19)24-34-20(13-30-15-28-22(26)23(30)27)12-21(35-24)17-5-3-16(14-31)4-6-17/h2-10,15,20-21,24,31H,1,11-14H2,(H,29,32)/t20-,21+,24+/m1/s1. The Hall–Kier alpha value is -2.88. The average molecular weight is 518 g/mol. The number of carbonyl (C=O) groups is 1. The third-order valence-electron chi connectivity index (χ3n) is 5.51. The van der Waals surface area contributed by atoms with Crippen LogP contribution in [0.25, 0.3) is 0 Å². The molecule has 35 heavy (non-hydrogen) atoms. The van der Waals surface area contributed by atoms with Gasteiger partial charge in [-0.1, -0.05) is 72.3 Å². The third kappa shape index (κ3) is 6.42. The van der Waals surface area contributed by atoms with Crippen molar-refractivity contribution in [1.82, 2.24) is 9.55 Å². The smallest absolute Gasteiger partial charge is 0.411 e. The Balaban J connectivity index is 1.52. The third-order valence-corrected chi connectivity index (χ3v) is 6.28. The number of imidazole rings is 1. The fourth-order valence-electron chi connectivity index (χ4n) is 3.73. The second-order valence-corrected chi connectivity index (χ2v) is 8.68. The van der Waals surface area contributed by atoms with E-state index in [-0.39, 0.29) is 30.6 Å². The number of aromatic nitrogens is 2. The van der Waals surface area contributed by atoms with Crippen molar-refractivity contribution in [2.75, 3.05) is 11.9 Å². The van der Waals surface area contributed by atoms with Crippen LogP contribution in [0.3, 0.4) is 0 Å². The van der Waals surface area contributed by atoms with Crippen LogP contribution in [0.4, 0.5) is 10.5 Å². The highest BCUT2D eigenvalue weighted by molar-refractivity contribution is 6.40. The van der Waals surface area contributed by atoms with Crippen LogP contribution in [-0.4, -0.2) is 33.5 Å². The lowest BCUT2D eigenvalue weighted by atomic mass is 10.00. The number of rotatable bonds is 8. The first kappa shape index (κ1) is 25.2. The van der Waals surface area contributed by atoms with Gasteiger partial charge in [0.15, 0.2) is 11.4 Å². The van der Waals surface area contributed by atoms with Gasteiger partial charge in [-0.3, -0.25) is 5.32 Å². The van der Waals surface area contributed by atoms with E-state index in [4.69, 9.17) is 37.4 Å². The van der Waals surface area contributed by atoms with Gasteiger partial charge in [0.25, 0.3) is 0 Å². The summed E-state index contributed by atoms with van der Waals surface area (Å²) in [5.41, 5.74) is 3.15. The molecular weight excluding hydrogens is 493 g/mol. The monoisotopic (exact) mass is 517 g/mol. The first-order valence-electron chi connectivity index (χ1n) is 11.0. The SMILES string of the molecule is C=CCOC(=O)Nc1ccc([C@H]2O[C@@H](Cn3cnc(Cl)c3Cl)C[C@@H](c3ccc(CO)cc3)O2)cc1. The number of nitrogens with zero attached hydrogens (tertiary/aromatic N) is 2. The fraction of sp³-hybridized carbons (Fsp3) is 0.280. The second kappa shape index (κ2) is 11.7. The van der Waals surface area contributed by atoms with Crippen molar-refractivity contribution in [3.05, 3.63) is 94.5 Å². The molecule has 0 spiro atoms. The maximum Gasteiger partial charge on any atom is 0.411 e. The highest BCUT2D eigenvalue weighted by atomic mass is 35.5. The van der Waals surface area contributed by atoms with Gasteiger partial charge in [-0.15, -0.1) is 0 Å². The minimum absolute atomic E-state index is 0.0262. The summed E-state index contributed by atoms with van der Waals surface area (Å²) >= 11 is 12.3. The van der Waals surface area contributed by atoms with Crippen LogP contribution in [-0.2, 0) is 27.4 Å². The lowest BCUT2D eigenvalue weighted by molar-refractivity contribution is -0.252. The van der Waals surface area contributed by atoms with Gasteiger partial charge < -0.3 is 23.9 Å². The van der Waals surface area contributed by atoms with Crippen LogP contribution in [0.5, 0.6) is 0 Å². The molecule has 184 valence electrons. The number of halogens is 2. The molecule has 1 aromatic heterocycles. The Morgan fingerprint density at radius 2 is 1.89 bits per heavy atom. The quantitative estimate of drug-likeness (QED) is 0.374. The summed E-state index contributed by atoms with van der Waals surface area (Å²) < 4.78 is 19.3. The van der Waals surface area contributed by atoms with Gasteiger partial charge in [-0.05, 0) is 23.3 Å². The molecule has 0 bridgehead atoms. The topological polar surface area (TPSA) is 94.8 Å². The van der Waals surface area contributed by atoms with E-state index in [0.717, 1.165) is 16.7 Å². The number of benzene rings is 2. The molecular formula is C25H25Cl2N3O5. The van der Waals surface area contributed by atoms with Gasteiger partial charge in [0.1, 0.15) is 11.8 Å². The molecule has 3 atom stereocenters. The van der Waals surface area contributed by atoms with Gasteiger partial charge in [0.05, 0.1) is 31.7 Å². The molecule has 2 heterocycles. The zero-order chi connectivity index (χ0) is 24.8. The van der Waals surface area contributed by atoms with Gasteiger partial charge in [-0.2, -0.15) is 0 Å². The molecule has 1 fully saturated rings. The Kier molecular flexibility index (Phi) is 8.43. The van der Waals surface area contributed by atoms with Crippen molar-refractivity contribution in [3.8, 4) is 0 Å². The number of aliphatic hydroxyl groups excluding tert-OH is 1. The van der Waals surface area contributed by atoms with E-state index in [1.165, 1.54) is 6.08 Å². The summed E-state index contributed by atoms with van der Waals surface area (Å²) in [6.07, 6.45) is 1.93. The number of aliphatic hydroxyl groups is 1. The van der Waals surface area contributed by atoms with Crippen LogP contribution in [0.15, 0.2) is 67.5 Å². The molecule has 1 saturated heterocycles. The molecule has 10 heteroatoms. The number of ether oxygens (including phenoxy) is 3. The van der Waals surface area contributed by atoms with Crippen molar-refractivity contribution in [1.29, 1.82) is 0 Å². The molecule has 1 aliphatic heterocycles. The first-order valence-corrected chi connectivity index (χ1v) is 11.7. The summed E-state index contributed by atoms with van der Waals surface area (Å²) in [7, 11) is 0. The minimum atomic E-state index is -0.657. The summed E-state index contributed by atoms with van der Waals surface area (Å²) in [5.74, 6) is 0. The van der Waals surface area contributed by atoms with Crippen molar-refractivity contribution < 1.29 is 24.1 Å². The maximum atomic E-state index is 11.8. The summed E-state index contributed by atoms with van der Waals surface area (Å²) in [4.78, 5) is 15.8. The summed E-state index contributed by atoms with van der Waals surface area (Å²) in [5, 5.41) is 12.6. The largest absolute Gasteiger partial charge is 0.445 e. The van der Waals surface area contributed by atoms with E-state index in [0.29, 0.717) is 23.8 Å². The van der Waals surface area contributed by atoms with Gasteiger partial charge in [0, 0.05) is 17.7 Å². The number of carbonyl (C=O) groups excluding carboxylic acids is 1. The van der Waals surface area contributed by atoms with Crippen LogP contribution >= 0.6 is 23.2 Å². The van der Waals surface area contributed by atoms with E-state index in [1.807, 2.05) is 36.4 Å². The number of anilines is 1. The number of nitrogens with one attached hydrogen (secondary N) is 1. The van der Waals surface area contributed by atoms with Crippen molar-refractivity contribution in [2.45, 2.75) is 38.1 Å². The highest BCUT2D eigenvalue weighted by Crippen LogP contribution is 2.39. The molecule has 0 saturated carbocycles. The van der Waals surface area contributed by atoms with Crippen LogP contribution in [0.1, 0.15) is 35.5 Å². The van der Waals surface area contributed by atoms with Crippen LogP contribution < -0.4 is 5.32 Å². The molecule has 4 rings (SSSR count). The summed E-state index contributed by atoms with van der Waals surface area (Å²) in [6.45, 7) is 4.06. The predicted molar refractivity (Wildman–Crippen MR) is 132 cm³/mol. The summed E-state index contributed by atoms with van der Waals surface area (Å²) in [6, 6.07) is 14.8. The molecule has 8 nitrogen and oxygen atoms in total. The molecule has 0 unspecified atom stereocenters. The van der Waals surface area contributed by atoms with E-state index in [9.17, 15) is 9.90 Å². The molecule has 0 aliphatic carbocycles. The average Bonchev–Trinajstić information content (AvgIpc) is 3.20. The van der Waals surface area contributed by atoms with Gasteiger partial charge >= 0.3 is 6.09 Å². The van der Waals surface area contributed by atoms with Crippen molar-refractivity contribution in [3.63, 3.8) is 0 Å². The number of amides is 1. The number of hydrogen-bond acceptors (Lipinski definition) is 6. The van der Waals surface area contributed by atoms with E-state index in [1.54, 1.807) is 23.0 Å². The maximum absolute atomic E-state index is 11.8. The van der Waals surface area contributed by atoms with Gasteiger partial charge in [-0.25, -0.2) is 9.78 Å². The van der Waals surface area contributed by atoms with Crippen molar-refractivity contribution in [2.24, 2.45) is 0 Å². The van der Waals surface area contributed by atoms with E-state index >= 15 is 0 Å². The molecule has 1 amide bonds. The van der Waals surface area contributed by atoms with Crippen LogP contribution in [0, 0.1) is 0 Å². The first-order chi connectivity index (χ1) is 17.0. The zero-order valence-corrected chi connectivity index (χ0v) is 20.3. The second-order valence-electron chi connectivity index (χ2n) is 7.96. The normalized spacial score (nSPS) is 19.8. The Bertz CT molecular complexity index is 1150. The molecule has 1 aliphatic rings. The predicted octanol–water partition coefficient (Wildman–Crippen LogP) is 5.66. The highest BCUT2D eigenvalue weighted by Gasteiger charge is 2.32. The molecule has 3 aromatic rings. The molecule has 0 radical (unpaired) electrons. The lowest BCUT2D eigenvalue weighted by Crippen LogP contribution is -2.32. The molecule has 2 aromatic carbocycles. The molecule has 2 N–H and O–H groups in total. The Morgan fingerprint density at radius 3 is 2.51 bits per heavy atom. The van der Waals surface area contributed by atoms with Gasteiger partial charge in [0.2, 0.25) is 0 Å². The van der Waals surface area contributed by atoms with E-state index < -0.39 is 12.4 Å². The lowest BCUT2D eigenvalue weighted by Gasteiger charge is -2.36. The number of hydrogen-bond donors (Lipinski definition) is 2. The Labute approximate surface area is 213 Å².